The number of alkyl halides is 3. The van der Waals surface area contributed by atoms with Crippen molar-refractivity contribution in [2.24, 2.45) is 5.92 Å². The molecule has 0 spiro atoms. The van der Waals surface area contributed by atoms with Crippen LogP contribution in [-0.4, -0.2) is 18.1 Å². The summed E-state index contributed by atoms with van der Waals surface area (Å²) in [4.78, 5) is 11.5. The summed E-state index contributed by atoms with van der Waals surface area (Å²) in [6.07, 6.45) is -0.245. The number of hydrogen-bond acceptors (Lipinski definition) is 1. The third-order valence-corrected chi connectivity index (χ3v) is 2.94. The van der Waals surface area contributed by atoms with Crippen LogP contribution in [0.5, 0.6) is 0 Å². The van der Waals surface area contributed by atoms with E-state index in [1.54, 1.807) is 0 Å². The van der Waals surface area contributed by atoms with E-state index in [2.05, 4.69) is 5.32 Å². The second-order valence-electron chi connectivity index (χ2n) is 4.56. The predicted octanol–water partition coefficient (Wildman–Crippen LogP) is 3.02. The van der Waals surface area contributed by atoms with E-state index in [1.807, 2.05) is 0 Å². The maximum absolute atomic E-state index is 12.1. The monoisotopic (exact) mass is 237 g/mol. The van der Waals surface area contributed by atoms with Gasteiger partial charge < -0.3 is 5.32 Å². The first-order valence-electron chi connectivity index (χ1n) is 5.75. The SMILES string of the molecule is CC(CC(F)(F)F)C(=O)NC1CCCCC1. The number of amides is 1. The molecular formula is C11H18F3NO. The summed E-state index contributed by atoms with van der Waals surface area (Å²) >= 11 is 0. The van der Waals surface area contributed by atoms with Crippen LogP contribution >= 0.6 is 0 Å². The summed E-state index contributed by atoms with van der Waals surface area (Å²) in [6, 6.07) is 0.0805. The predicted molar refractivity (Wildman–Crippen MR) is 54.9 cm³/mol. The van der Waals surface area contributed by atoms with Crippen molar-refractivity contribution in [1.82, 2.24) is 5.32 Å². The van der Waals surface area contributed by atoms with Gasteiger partial charge in [0.2, 0.25) is 5.91 Å². The highest BCUT2D eigenvalue weighted by molar-refractivity contribution is 5.78. The Labute approximate surface area is 93.6 Å². The summed E-state index contributed by atoms with van der Waals surface area (Å²) in [7, 11) is 0. The van der Waals surface area contributed by atoms with Crippen LogP contribution in [0.2, 0.25) is 0 Å². The summed E-state index contributed by atoms with van der Waals surface area (Å²) in [6.45, 7) is 1.33. The minimum Gasteiger partial charge on any atom is -0.353 e. The molecule has 16 heavy (non-hydrogen) atoms. The van der Waals surface area contributed by atoms with E-state index in [4.69, 9.17) is 0 Å². The van der Waals surface area contributed by atoms with Gasteiger partial charge in [0, 0.05) is 12.0 Å². The number of carbonyl (C=O) groups excluding carboxylic acids is 1. The number of nitrogens with one attached hydrogen (secondary N) is 1. The molecule has 1 fully saturated rings. The molecule has 1 rings (SSSR count). The fourth-order valence-electron chi connectivity index (χ4n) is 2.03. The molecule has 1 unspecified atom stereocenters. The van der Waals surface area contributed by atoms with Gasteiger partial charge in [-0.3, -0.25) is 4.79 Å². The van der Waals surface area contributed by atoms with Gasteiger partial charge in [0.15, 0.2) is 0 Å². The minimum atomic E-state index is -4.26. The summed E-state index contributed by atoms with van der Waals surface area (Å²) in [5.74, 6) is -1.45. The quantitative estimate of drug-likeness (QED) is 0.803. The lowest BCUT2D eigenvalue weighted by atomic mass is 9.94. The normalized spacial score (nSPS) is 20.5. The Morgan fingerprint density at radius 3 is 2.38 bits per heavy atom. The fourth-order valence-corrected chi connectivity index (χ4v) is 2.03. The van der Waals surface area contributed by atoms with E-state index in [0.29, 0.717) is 0 Å². The molecule has 0 saturated heterocycles. The van der Waals surface area contributed by atoms with Crippen LogP contribution < -0.4 is 5.32 Å². The third-order valence-electron chi connectivity index (χ3n) is 2.94. The Hall–Kier alpha value is -0.740. The van der Waals surface area contributed by atoms with E-state index in [-0.39, 0.29) is 6.04 Å². The van der Waals surface area contributed by atoms with Gasteiger partial charge in [-0.05, 0) is 12.8 Å². The average Bonchev–Trinajstić information content (AvgIpc) is 2.16. The molecule has 1 aliphatic rings. The van der Waals surface area contributed by atoms with Crippen molar-refractivity contribution in [1.29, 1.82) is 0 Å². The van der Waals surface area contributed by atoms with Gasteiger partial charge in [0.1, 0.15) is 0 Å². The molecule has 0 aromatic carbocycles. The Balaban J connectivity index is 2.33. The molecule has 0 aliphatic heterocycles. The van der Waals surface area contributed by atoms with E-state index in [0.717, 1.165) is 32.1 Å². The number of hydrogen-bond donors (Lipinski definition) is 1. The lowest BCUT2D eigenvalue weighted by Gasteiger charge is -2.24. The molecule has 1 aliphatic carbocycles. The summed E-state index contributed by atoms with van der Waals surface area (Å²) in [5, 5.41) is 2.70. The lowest BCUT2D eigenvalue weighted by Crippen LogP contribution is -2.40. The van der Waals surface area contributed by atoms with Crippen LogP contribution in [0.15, 0.2) is 0 Å². The van der Waals surface area contributed by atoms with Crippen molar-refractivity contribution in [2.45, 2.75) is 57.7 Å². The van der Waals surface area contributed by atoms with Crippen molar-refractivity contribution >= 4 is 5.91 Å². The Kier molecular flexibility index (Phi) is 4.62. The second-order valence-corrected chi connectivity index (χ2v) is 4.56. The van der Waals surface area contributed by atoms with E-state index in [1.165, 1.54) is 6.92 Å². The van der Waals surface area contributed by atoms with E-state index < -0.39 is 24.4 Å². The number of rotatable bonds is 3. The molecular weight excluding hydrogens is 219 g/mol. The number of carbonyl (C=O) groups is 1. The van der Waals surface area contributed by atoms with Crippen LogP contribution in [0.25, 0.3) is 0 Å². The van der Waals surface area contributed by atoms with E-state index in [9.17, 15) is 18.0 Å². The van der Waals surface area contributed by atoms with Crippen molar-refractivity contribution in [3.05, 3.63) is 0 Å². The van der Waals surface area contributed by atoms with Crippen molar-refractivity contribution in [2.75, 3.05) is 0 Å². The summed E-state index contributed by atoms with van der Waals surface area (Å²) in [5.41, 5.74) is 0. The zero-order valence-corrected chi connectivity index (χ0v) is 9.44. The van der Waals surface area contributed by atoms with Crippen LogP contribution in [-0.2, 0) is 4.79 Å². The molecule has 1 amide bonds. The highest BCUT2D eigenvalue weighted by Gasteiger charge is 2.33. The minimum absolute atomic E-state index is 0.0805. The largest absolute Gasteiger partial charge is 0.389 e. The van der Waals surface area contributed by atoms with Gasteiger partial charge in [0.05, 0.1) is 6.42 Å². The van der Waals surface area contributed by atoms with Crippen molar-refractivity contribution in [3.63, 3.8) is 0 Å². The van der Waals surface area contributed by atoms with Crippen LogP contribution in [0.4, 0.5) is 13.2 Å². The topological polar surface area (TPSA) is 29.1 Å². The van der Waals surface area contributed by atoms with Crippen LogP contribution in [0, 0.1) is 5.92 Å². The van der Waals surface area contributed by atoms with Crippen molar-refractivity contribution in [3.8, 4) is 0 Å². The highest BCUT2D eigenvalue weighted by atomic mass is 19.4. The lowest BCUT2D eigenvalue weighted by molar-refractivity contribution is -0.153. The maximum atomic E-state index is 12.1. The second kappa shape index (κ2) is 5.55. The van der Waals surface area contributed by atoms with Gasteiger partial charge in [0.25, 0.3) is 0 Å². The third kappa shape index (κ3) is 4.86. The van der Waals surface area contributed by atoms with E-state index >= 15 is 0 Å². The van der Waals surface area contributed by atoms with Gasteiger partial charge in [-0.15, -0.1) is 0 Å². The molecule has 94 valence electrons. The smallest absolute Gasteiger partial charge is 0.353 e. The first-order chi connectivity index (χ1) is 7.38. The van der Waals surface area contributed by atoms with Gasteiger partial charge in [-0.2, -0.15) is 13.2 Å². The zero-order chi connectivity index (χ0) is 12.2. The number of halogens is 3. The Bertz CT molecular complexity index is 234. The molecule has 1 N–H and O–H groups in total. The Morgan fingerprint density at radius 1 is 1.31 bits per heavy atom. The van der Waals surface area contributed by atoms with Crippen LogP contribution in [0.3, 0.4) is 0 Å². The van der Waals surface area contributed by atoms with Crippen molar-refractivity contribution < 1.29 is 18.0 Å². The van der Waals surface area contributed by atoms with Crippen LogP contribution in [0.1, 0.15) is 45.4 Å². The summed E-state index contributed by atoms with van der Waals surface area (Å²) < 4.78 is 36.2. The molecule has 0 heterocycles. The first kappa shape index (κ1) is 13.3. The molecule has 0 radical (unpaired) electrons. The maximum Gasteiger partial charge on any atom is 0.389 e. The first-order valence-corrected chi connectivity index (χ1v) is 5.75. The van der Waals surface area contributed by atoms with Gasteiger partial charge in [-0.25, -0.2) is 0 Å². The van der Waals surface area contributed by atoms with Gasteiger partial charge >= 0.3 is 6.18 Å². The molecule has 0 aromatic heterocycles. The average molecular weight is 237 g/mol. The highest BCUT2D eigenvalue weighted by Crippen LogP contribution is 2.25. The Morgan fingerprint density at radius 2 is 1.88 bits per heavy atom. The van der Waals surface area contributed by atoms with Gasteiger partial charge in [-0.1, -0.05) is 26.2 Å². The fraction of sp³-hybridized carbons (Fsp3) is 0.909. The molecule has 2 nitrogen and oxygen atoms in total. The zero-order valence-electron chi connectivity index (χ0n) is 9.44. The molecule has 1 atom stereocenters. The molecule has 5 heteroatoms. The molecule has 0 aromatic rings. The standard InChI is InChI=1S/C11H18F3NO/c1-8(7-11(12,13)14)10(16)15-9-5-3-2-4-6-9/h8-9H,2-7H2,1H3,(H,15,16). The molecule has 0 bridgehead atoms. The molecule has 1 saturated carbocycles.